The lowest BCUT2D eigenvalue weighted by Gasteiger charge is -2.03. The molecule has 0 saturated heterocycles. The maximum atomic E-state index is 4.29. The second kappa shape index (κ2) is 5.86. The largest absolute Gasteiger partial charge is 0.316 e. The quantitative estimate of drug-likeness (QED) is 0.690. The lowest BCUT2D eigenvalue weighted by Crippen LogP contribution is -2.18. The standard InChI is InChI=1S/C13H20N2/c1-2-10-15-13(5-1)8-11-14-9-3-4-12-6-7-12/h1-2,5,10,12,14H,3-4,6-9,11H2. The third kappa shape index (κ3) is 4.43. The summed E-state index contributed by atoms with van der Waals surface area (Å²) in [5, 5.41) is 3.48. The van der Waals surface area contributed by atoms with Crippen molar-refractivity contribution in [3.63, 3.8) is 0 Å². The van der Waals surface area contributed by atoms with Crippen LogP contribution in [0, 0.1) is 5.92 Å². The van der Waals surface area contributed by atoms with E-state index in [1.54, 1.807) is 0 Å². The van der Waals surface area contributed by atoms with Crippen LogP contribution in [0.2, 0.25) is 0 Å². The second-order valence-electron chi connectivity index (χ2n) is 4.41. The highest BCUT2D eigenvalue weighted by atomic mass is 14.8. The predicted molar refractivity (Wildman–Crippen MR) is 62.8 cm³/mol. The minimum atomic E-state index is 1.05. The summed E-state index contributed by atoms with van der Waals surface area (Å²) in [7, 11) is 0. The first-order chi connectivity index (χ1) is 7.45. The Morgan fingerprint density at radius 3 is 2.93 bits per heavy atom. The van der Waals surface area contributed by atoms with E-state index in [0.29, 0.717) is 0 Å². The van der Waals surface area contributed by atoms with Crippen molar-refractivity contribution in [2.24, 2.45) is 5.92 Å². The molecule has 1 heterocycles. The van der Waals surface area contributed by atoms with Crippen molar-refractivity contribution in [3.8, 4) is 0 Å². The average molecular weight is 204 g/mol. The summed E-state index contributed by atoms with van der Waals surface area (Å²) in [5.41, 5.74) is 1.19. The van der Waals surface area contributed by atoms with Crippen LogP contribution >= 0.6 is 0 Å². The SMILES string of the molecule is c1ccc(CCNCCCC2CC2)nc1. The lowest BCUT2D eigenvalue weighted by atomic mass is 10.2. The molecule has 0 bridgehead atoms. The van der Waals surface area contributed by atoms with Gasteiger partial charge in [-0.1, -0.05) is 18.9 Å². The second-order valence-corrected chi connectivity index (χ2v) is 4.41. The van der Waals surface area contributed by atoms with Crippen LogP contribution in [0.15, 0.2) is 24.4 Å². The minimum Gasteiger partial charge on any atom is -0.316 e. The first-order valence-corrected chi connectivity index (χ1v) is 6.06. The Hall–Kier alpha value is -0.890. The molecule has 2 nitrogen and oxygen atoms in total. The molecule has 1 N–H and O–H groups in total. The molecule has 0 aromatic carbocycles. The van der Waals surface area contributed by atoms with Crippen LogP contribution in [0.3, 0.4) is 0 Å². The molecule has 2 rings (SSSR count). The van der Waals surface area contributed by atoms with Gasteiger partial charge in [-0.25, -0.2) is 0 Å². The summed E-state index contributed by atoms with van der Waals surface area (Å²) in [4.78, 5) is 4.29. The number of pyridine rings is 1. The zero-order valence-corrected chi connectivity index (χ0v) is 9.28. The van der Waals surface area contributed by atoms with Crippen LogP contribution in [0.5, 0.6) is 0 Å². The molecule has 1 aromatic heterocycles. The minimum absolute atomic E-state index is 1.05. The van der Waals surface area contributed by atoms with Gasteiger partial charge >= 0.3 is 0 Å². The van der Waals surface area contributed by atoms with E-state index in [1.807, 2.05) is 12.3 Å². The Labute approximate surface area is 92.1 Å². The third-order valence-corrected chi connectivity index (χ3v) is 2.95. The molecule has 82 valence electrons. The van der Waals surface area contributed by atoms with Crippen LogP contribution in [0.4, 0.5) is 0 Å². The Morgan fingerprint density at radius 1 is 1.27 bits per heavy atom. The van der Waals surface area contributed by atoms with E-state index in [0.717, 1.165) is 18.9 Å². The van der Waals surface area contributed by atoms with Crippen LogP contribution in [0.1, 0.15) is 31.4 Å². The number of hydrogen-bond acceptors (Lipinski definition) is 2. The first-order valence-electron chi connectivity index (χ1n) is 6.06. The highest BCUT2D eigenvalue weighted by Crippen LogP contribution is 2.33. The molecule has 0 unspecified atom stereocenters. The van der Waals surface area contributed by atoms with Crippen LogP contribution < -0.4 is 5.32 Å². The molecule has 1 aliphatic rings. The molecule has 1 saturated carbocycles. The third-order valence-electron chi connectivity index (χ3n) is 2.95. The topological polar surface area (TPSA) is 24.9 Å². The Bertz CT molecular complexity index is 267. The molecule has 0 spiro atoms. The molecular weight excluding hydrogens is 184 g/mol. The van der Waals surface area contributed by atoms with Crippen molar-refractivity contribution in [2.45, 2.75) is 32.1 Å². The highest BCUT2D eigenvalue weighted by molar-refractivity contribution is 5.03. The molecule has 0 atom stereocenters. The van der Waals surface area contributed by atoms with Gasteiger partial charge in [-0.05, 0) is 37.4 Å². The summed E-state index contributed by atoms with van der Waals surface area (Å²) >= 11 is 0. The zero-order valence-electron chi connectivity index (χ0n) is 9.28. The summed E-state index contributed by atoms with van der Waals surface area (Å²) in [6, 6.07) is 6.11. The normalized spacial score (nSPS) is 15.5. The molecule has 0 aliphatic heterocycles. The van der Waals surface area contributed by atoms with Crippen molar-refractivity contribution in [1.82, 2.24) is 10.3 Å². The molecule has 0 radical (unpaired) electrons. The van der Waals surface area contributed by atoms with E-state index >= 15 is 0 Å². The Balaban J connectivity index is 1.47. The van der Waals surface area contributed by atoms with E-state index < -0.39 is 0 Å². The zero-order chi connectivity index (χ0) is 10.3. The number of nitrogens with one attached hydrogen (secondary N) is 1. The van der Waals surface area contributed by atoms with Gasteiger partial charge in [0.05, 0.1) is 0 Å². The first kappa shape index (κ1) is 10.6. The van der Waals surface area contributed by atoms with Gasteiger partial charge < -0.3 is 5.32 Å². The molecule has 1 aliphatic carbocycles. The fourth-order valence-electron chi connectivity index (χ4n) is 1.81. The van der Waals surface area contributed by atoms with Gasteiger partial charge in [0, 0.05) is 24.9 Å². The van der Waals surface area contributed by atoms with Crippen molar-refractivity contribution in [2.75, 3.05) is 13.1 Å². The van der Waals surface area contributed by atoms with Gasteiger partial charge in [0.15, 0.2) is 0 Å². The van der Waals surface area contributed by atoms with Gasteiger partial charge in [-0.15, -0.1) is 0 Å². The molecule has 1 fully saturated rings. The summed E-state index contributed by atoms with van der Waals surface area (Å²) in [6.07, 6.45) is 8.64. The molecular formula is C13H20N2. The van der Waals surface area contributed by atoms with E-state index in [9.17, 15) is 0 Å². The number of rotatable bonds is 7. The van der Waals surface area contributed by atoms with Crippen LogP contribution in [-0.2, 0) is 6.42 Å². The van der Waals surface area contributed by atoms with Gasteiger partial charge in [-0.2, -0.15) is 0 Å². The predicted octanol–water partition coefficient (Wildman–Crippen LogP) is 2.40. The van der Waals surface area contributed by atoms with Crippen molar-refractivity contribution in [1.29, 1.82) is 0 Å². The van der Waals surface area contributed by atoms with Crippen molar-refractivity contribution >= 4 is 0 Å². The molecule has 0 amide bonds. The molecule has 15 heavy (non-hydrogen) atoms. The van der Waals surface area contributed by atoms with E-state index in [4.69, 9.17) is 0 Å². The van der Waals surface area contributed by atoms with Crippen LogP contribution in [0.25, 0.3) is 0 Å². The van der Waals surface area contributed by atoms with E-state index in [-0.39, 0.29) is 0 Å². The summed E-state index contributed by atoms with van der Waals surface area (Å²) < 4.78 is 0. The average Bonchev–Trinajstić information content (AvgIpc) is 3.09. The van der Waals surface area contributed by atoms with Crippen LogP contribution in [-0.4, -0.2) is 18.1 Å². The van der Waals surface area contributed by atoms with Crippen molar-refractivity contribution < 1.29 is 0 Å². The maximum absolute atomic E-state index is 4.29. The smallest absolute Gasteiger partial charge is 0.0416 e. The van der Waals surface area contributed by atoms with Gasteiger partial charge in [0.1, 0.15) is 0 Å². The fraction of sp³-hybridized carbons (Fsp3) is 0.615. The monoisotopic (exact) mass is 204 g/mol. The van der Waals surface area contributed by atoms with Gasteiger partial charge in [0.25, 0.3) is 0 Å². The van der Waals surface area contributed by atoms with Gasteiger partial charge in [0.2, 0.25) is 0 Å². The number of nitrogens with zero attached hydrogens (tertiary/aromatic N) is 1. The summed E-state index contributed by atoms with van der Waals surface area (Å²) in [5.74, 6) is 1.07. The highest BCUT2D eigenvalue weighted by Gasteiger charge is 2.19. The van der Waals surface area contributed by atoms with E-state index in [2.05, 4.69) is 22.4 Å². The number of aromatic nitrogens is 1. The Morgan fingerprint density at radius 2 is 2.20 bits per heavy atom. The van der Waals surface area contributed by atoms with Crippen molar-refractivity contribution in [3.05, 3.63) is 30.1 Å². The number of hydrogen-bond donors (Lipinski definition) is 1. The van der Waals surface area contributed by atoms with E-state index in [1.165, 1.54) is 37.9 Å². The molecule has 1 aromatic rings. The maximum Gasteiger partial charge on any atom is 0.0416 e. The Kier molecular flexibility index (Phi) is 4.15. The van der Waals surface area contributed by atoms with Gasteiger partial charge in [-0.3, -0.25) is 4.98 Å². The molecule has 2 heteroatoms. The fourth-order valence-corrected chi connectivity index (χ4v) is 1.81. The lowest BCUT2D eigenvalue weighted by molar-refractivity contribution is 0.592. The summed E-state index contributed by atoms with van der Waals surface area (Å²) in [6.45, 7) is 2.23.